The lowest BCUT2D eigenvalue weighted by Crippen LogP contribution is -2.12. The summed E-state index contributed by atoms with van der Waals surface area (Å²) < 4.78 is 5.04. The highest BCUT2D eigenvalue weighted by Crippen LogP contribution is 2.41. The number of Topliss-reactive ketones (excluding diaryl/α,β-unsaturated/α-hetero) is 1. The minimum Gasteiger partial charge on any atom is -0.463 e. The summed E-state index contributed by atoms with van der Waals surface area (Å²) in [7, 11) is 0. The maximum absolute atomic E-state index is 12.1. The van der Waals surface area contributed by atoms with Crippen LogP contribution in [0.25, 0.3) is 11.1 Å². The summed E-state index contributed by atoms with van der Waals surface area (Å²) in [6, 6.07) is 43.2. The number of anilines is 6. The van der Waals surface area contributed by atoms with Crippen molar-refractivity contribution in [1.29, 1.82) is 0 Å². The first-order valence-electron chi connectivity index (χ1n) is 20.5. The van der Waals surface area contributed by atoms with Crippen LogP contribution in [0.3, 0.4) is 0 Å². The zero-order valence-corrected chi connectivity index (χ0v) is 35.2. The van der Waals surface area contributed by atoms with Crippen LogP contribution in [0.15, 0.2) is 121 Å². The van der Waals surface area contributed by atoms with E-state index >= 15 is 0 Å². The largest absolute Gasteiger partial charge is 0.463 e. The normalized spacial score (nSPS) is 11.1. The summed E-state index contributed by atoms with van der Waals surface area (Å²) in [6.07, 6.45) is 2.09. The molecule has 0 fully saturated rings. The molecule has 59 heavy (non-hydrogen) atoms. The van der Waals surface area contributed by atoms with E-state index in [2.05, 4.69) is 173 Å². The zero-order chi connectivity index (χ0) is 42.1. The number of aliphatic hydroxyl groups excluding tert-OH is 2. The SMILES string of the molecule is Cc1ccc(N(c2ccc(CCC(=O)CCO)cc2)c2ccc(-c3ccc(N(c4ccc(CCC(=O)OCCO)cc4)c4ccc(C)c(C)c4)c(C)c3)cc2C)cc1C. The van der Waals surface area contributed by atoms with E-state index in [0.717, 1.165) is 67.5 Å². The molecule has 0 aliphatic heterocycles. The molecular weight excluding hydrogens is 733 g/mol. The Morgan fingerprint density at radius 1 is 0.458 bits per heavy atom. The van der Waals surface area contributed by atoms with Crippen LogP contribution in [0, 0.1) is 41.5 Å². The molecule has 304 valence electrons. The van der Waals surface area contributed by atoms with Crippen LogP contribution in [-0.4, -0.2) is 41.8 Å². The van der Waals surface area contributed by atoms with Crippen molar-refractivity contribution in [2.75, 3.05) is 29.6 Å². The van der Waals surface area contributed by atoms with Crippen LogP contribution >= 0.6 is 0 Å². The molecular formula is C52H56N2O5. The van der Waals surface area contributed by atoms with Crippen LogP contribution < -0.4 is 9.80 Å². The molecule has 0 atom stereocenters. The van der Waals surface area contributed by atoms with Crippen molar-refractivity contribution in [1.82, 2.24) is 0 Å². The van der Waals surface area contributed by atoms with Gasteiger partial charge in [-0.05, 0) is 183 Å². The van der Waals surface area contributed by atoms with Crippen LogP contribution in [-0.2, 0) is 27.2 Å². The number of aryl methyl sites for hydroxylation is 8. The molecule has 6 aromatic rings. The van der Waals surface area contributed by atoms with Gasteiger partial charge in [-0.1, -0.05) is 48.5 Å². The smallest absolute Gasteiger partial charge is 0.306 e. The Balaban J connectivity index is 1.31. The average Bonchev–Trinajstić information content (AvgIpc) is 3.23. The number of nitrogens with zero attached hydrogens (tertiary/aromatic N) is 2. The summed E-state index contributed by atoms with van der Waals surface area (Å²) >= 11 is 0. The van der Waals surface area contributed by atoms with Crippen molar-refractivity contribution in [2.45, 2.75) is 73.6 Å². The van der Waals surface area contributed by atoms with Gasteiger partial charge < -0.3 is 24.7 Å². The van der Waals surface area contributed by atoms with Crippen molar-refractivity contribution in [3.8, 4) is 11.1 Å². The first kappa shape index (κ1) is 42.6. The number of benzene rings is 6. The molecule has 0 bridgehead atoms. The van der Waals surface area contributed by atoms with E-state index < -0.39 is 0 Å². The maximum Gasteiger partial charge on any atom is 0.306 e. The third-order valence-electron chi connectivity index (χ3n) is 11.2. The number of ether oxygens (including phenoxy) is 1. The molecule has 7 heteroatoms. The summed E-state index contributed by atoms with van der Waals surface area (Å²) in [5, 5.41) is 18.1. The Labute approximate surface area is 349 Å². The number of carbonyl (C=O) groups excluding carboxylic acids is 2. The molecule has 0 saturated heterocycles. The fourth-order valence-corrected chi connectivity index (χ4v) is 7.39. The van der Waals surface area contributed by atoms with Crippen molar-refractivity contribution in [3.05, 3.63) is 166 Å². The molecule has 0 heterocycles. The van der Waals surface area contributed by atoms with Gasteiger partial charge in [0.1, 0.15) is 12.4 Å². The van der Waals surface area contributed by atoms with Gasteiger partial charge in [0.25, 0.3) is 0 Å². The molecule has 0 spiro atoms. The summed E-state index contributed by atoms with van der Waals surface area (Å²) in [5.41, 5.74) is 17.9. The Kier molecular flexibility index (Phi) is 14.2. The molecule has 6 aromatic carbocycles. The monoisotopic (exact) mass is 788 g/mol. The Bertz CT molecular complexity index is 2400. The lowest BCUT2D eigenvalue weighted by atomic mass is 9.98. The van der Waals surface area contributed by atoms with Gasteiger partial charge >= 0.3 is 5.97 Å². The lowest BCUT2D eigenvalue weighted by Gasteiger charge is -2.29. The van der Waals surface area contributed by atoms with Gasteiger partial charge in [-0.3, -0.25) is 9.59 Å². The van der Waals surface area contributed by atoms with Gasteiger partial charge in [0, 0.05) is 60.0 Å². The predicted molar refractivity (Wildman–Crippen MR) is 241 cm³/mol. The second-order valence-corrected chi connectivity index (χ2v) is 15.5. The quantitative estimate of drug-likeness (QED) is 0.0890. The summed E-state index contributed by atoms with van der Waals surface area (Å²) in [5.74, 6) is -0.237. The van der Waals surface area contributed by atoms with E-state index in [4.69, 9.17) is 14.9 Å². The van der Waals surface area contributed by atoms with Crippen LogP contribution in [0.5, 0.6) is 0 Å². The number of esters is 1. The summed E-state index contributed by atoms with van der Waals surface area (Å²) in [4.78, 5) is 28.7. The standard InChI is InChI=1S/C52H56N2O5/c1-35-7-17-47(33-37(35)3)53(45-19-9-41(10-20-45)13-23-49(57)27-28-55)50-24-15-43(31-39(50)5)44-16-25-51(40(6)32-44)54(48-18-8-36(2)38(4)34-48)46-21-11-42(12-22-46)14-26-52(58)59-30-29-56/h7-12,15-22,24-25,31-34,55-56H,13-14,23,26-30H2,1-6H3. The van der Waals surface area contributed by atoms with Gasteiger partial charge in [-0.15, -0.1) is 0 Å². The zero-order valence-electron chi connectivity index (χ0n) is 35.2. The first-order valence-corrected chi connectivity index (χ1v) is 20.5. The Morgan fingerprint density at radius 3 is 1.31 bits per heavy atom. The Hall–Kier alpha value is -6.02. The highest BCUT2D eigenvalue weighted by molar-refractivity contribution is 5.84. The minimum atomic E-state index is -0.313. The average molecular weight is 789 g/mol. The van der Waals surface area contributed by atoms with E-state index in [9.17, 15) is 9.59 Å². The first-order chi connectivity index (χ1) is 28.4. The number of rotatable bonds is 17. The fraction of sp³-hybridized carbons (Fsp3) is 0.269. The second-order valence-electron chi connectivity index (χ2n) is 15.5. The molecule has 0 saturated carbocycles. The highest BCUT2D eigenvalue weighted by atomic mass is 16.5. The molecule has 0 amide bonds. The highest BCUT2D eigenvalue weighted by Gasteiger charge is 2.19. The van der Waals surface area contributed by atoms with Crippen molar-refractivity contribution >= 4 is 45.9 Å². The van der Waals surface area contributed by atoms with Gasteiger partial charge in [-0.25, -0.2) is 0 Å². The van der Waals surface area contributed by atoms with Crippen molar-refractivity contribution in [3.63, 3.8) is 0 Å². The lowest BCUT2D eigenvalue weighted by molar-refractivity contribution is -0.144. The van der Waals surface area contributed by atoms with E-state index in [0.29, 0.717) is 19.3 Å². The number of ketones is 1. The third-order valence-corrected chi connectivity index (χ3v) is 11.2. The maximum atomic E-state index is 12.1. The molecule has 2 N–H and O–H groups in total. The molecule has 0 aromatic heterocycles. The van der Waals surface area contributed by atoms with Gasteiger partial charge in [0.05, 0.1) is 6.61 Å². The van der Waals surface area contributed by atoms with Crippen LogP contribution in [0.4, 0.5) is 34.1 Å². The molecule has 6 rings (SSSR count). The van der Waals surface area contributed by atoms with Gasteiger partial charge in [0.2, 0.25) is 0 Å². The number of hydrogen-bond donors (Lipinski definition) is 2. The minimum absolute atomic E-state index is 0.0216. The number of aliphatic hydroxyl groups is 2. The van der Waals surface area contributed by atoms with Crippen LogP contribution in [0.1, 0.15) is 63.8 Å². The topological polar surface area (TPSA) is 90.3 Å². The molecule has 0 unspecified atom stereocenters. The van der Waals surface area contributed by atoms with E-state index in [1.165, 1.54) is 22.3 Å². The van der Waals surface area contributed by atoms with Crippen molar-refractivity contribution < 1.29 is 24.5 Å². The Morgan fingerprint density at radius 2 is 0.898 bits per heavy atom. The van der Waals surface area contributed by atoms with Gasteiger partial charge in [-0.2, -0.15) is 0 Å². The van der Waals surface area contributed by atoms with Crippen LogP contribution in [0.2, 0.25) is 0 Å². The summed E-state index contributed by atoms with van der Waals surface area (Å²) in [6.45, 7) is 12.6. The van der Waals surface area contributed by atoms with E-state index in [1.807, 2.05) is 0 Å². The molecule has 7 nitrogen and oxygen atoms in total. The van der Waals surface area contributed by atoms with Gasteiger partial charge in [0.15, 0.2) is 0 Å². The molecule has 0 radical (unpaired) electrons. The predicted octanol–water partition coefficient (Wildman–Crippen LogP) is 11.5. The van der Waals surface area contributed by atoms with E-state index in [-0.39, 0.29) is 44.4 Å². The number of carbonyl (C=O) groups is 2. The molecule has 0 aliphatic rings. The fourth-order valence-electron chi connectivity index (χ4n) is 7.39. The number of hydrogen-bond acceptors (Lipinski definition) is 7. The van der Waals surface area contributed by atoms with Crippen molar-refractivity contribution in [2.24, 2.45) is 0 Å². The van der Waals surface area contributed by atoms with E-state index in [1.54, 1.807) is 0 Å². The molecule has 0 aliphatic carbocycles. The third kappa shape index (κ3) is 10.5. The second kappa shape index (κ2) is 19.6.